The summed E-state index contributed by atoms with van der Waals surface area (Å²) in [6.07, 6.45) is 2.25. The average molecular weight is 175 g/mol. The molecule has 1 aromatic rings. The second-order valence-corrected chi connectivity index (χ2v) is 4.22. The molecule has 0 aromatic heterocycles. The maximum absolute atomic E-state index is 9.72. The first-order valence-electron chi connectivity index (χ1n) is 4.84. The largest absolute Gasteiger partial charge is 0.508 e. The van der Waals surface area contributed by atoms with Gasteiger partial charge >= 0.3 is 0 Å². The summed E-state index contributed by atoms with van der Waals surface area (Å²) in [5.74, 6) is 1.48. The van der Waals surface area contributed by atoms with Crippen LogP contribution in [0.15, 0.2) is 18.2 Å². The molecule has 2 aliphatic carbocycles. The highest BCUT2D eigenvalue weighted by Gasteiger charge is 2.43. The van der Waals surface area contributed by atoms with Gasteiger partial charge in [-0.15, -0.1) is 0 Å². The molecule has 3 N–H and O–H groups in total. The Morgan fingerprint density at radius 1 is 1.31 bits per heavy atom. The number of rotatable bonds is 0. The molecule has 2 heteroatoms. The molecule has 3 unspecified atom stereocenters. The highest BCUT2D eigenvalue weighted by molar-refractivity contribution is 5.50. The quantitative estimate of drug-likeness (QED) is 0.630. The molecular weight excluding hydrogens is 162 g/mol. The minimum absolute atomic E-state index is 0.269. The predicted octanol–water partition coefficient (Wildman–Crippen LogP) is 1.69. The Bertz CT molecular complexity index is 361. The van der Waals surface area contributed by atoms with E-state index in [1.165, 1.54) is 5.56 Å². The van der Waals surface area contributed by atoms with Crippen molar-refractivity contribution in [3.8, 4) is 5.75 Å². The summed E-state index contributed by atoms with van der Waals surface area (Å²) in [6.45, 7) is 0. The van der Waals surface area contributed by atoms with Crippen LogP contribution in [0.25, 0.3) is 0 Å². The maximum Gasteiger partial charge on any atom is 0.119 e. The van der Waals surface area contributed by atoms with Crippen LogP contribution in [0.1, 0.15) is 35.8 Å². The van der Waals surface area contributed by atoms with Gasteiger partial charge < -0.3 is 10.8 Å². The van der Waals surface area contributed by atoms with Crippen molar-refractivity contribution in [2.45, 2.75) is 30.7 Å². The molecule has 1 saturated carbocycles. The fraction of sp³-hybridized carbons (Fsp3) is 0.455. The summed E-state index contributed by atoms with van der Waals surface area (Å²) in [5.41, 5.74) is 8.46. The molecule has 2 nitrogen and oxygen atoms in total. The molecule has 2 bridgehead atoms. The van der Waals surface area contributed by atoms with Crippen molar-refractivity contribution in [1.29, 1.82) is 0 Å². The molecule has 3 atom stereocenters. The first-order valence-corrected chi connectivity index (χ1v) is 4.84. The van der Waals surface area contributed by atoms with E-state index in [-0.39, 0.29) is 6.04 Å². The molecule has 1 aromatic carbocycles. The fourth-order valence-corrected chi connectivity index (χ4v) is 2.99. The molecule has 3 rings (SSSR count). The van der Waals surface area contributed by atoms with E-state index in [4.69, 9.17) is 5.73 Å². The summed E-state index contributed by atoms with van der Waals surface area (Å²) in [4.78, 5) is 0. The van der Waals surface area contributed by atoms with E-state index in [2.05, 4.69) is 6.07 Å². The second kappa shape index (κ2) is 2.26. The molecule has 0 heterocycles. The van der Waals surface area contributed by atoms with Crippen molar-refractivity contribution >= 4 is 0 Å². The third-order valence-corrected chi connectivity index (χ3v) is 3.54. The zero-order chi connectivity index (χ0) is 9.00. The van der Waals surface area contributed by atoms with E-state index in [0.717, 1.165) is 18.4 Å². The van der Waals surface area contributed by atoms with Gasteiger partial charge in [-0.1, -0.05) is 12.1 Å². The molecule has 2 aliphatic rings. The highest BCUT2D eigenvalue weighted by atomic mass is 16.3. The van der Waals surface area contributed by atoms with Gasteiger partial charge in [0.25, 0.3) is 0 Å². The highest BCUT2D eigenvalue weighted by Crippen LogP contribution is 2.54. The minimum atomic E-state index is 0.269. The van der Waals surface area contributed by atoms with E-state index in [9.17, 15) is 5.11 Å². The van der Waals surface area contributed by atoms with Crippen molar-refractivity contribution < 1.29 is 5.11 Å². The predicted molar refractivity (Wildman–Crippen MR) is 50.8 cm³/mol. The van der Waals surface area contributed by atoms with E-state index in [0.29, 0.717) is 17.6 Å². The van der Waals surface area contributed by atoms with E-state index in [1.807, 2.05) is 6.07 Å². The maximum atomic E-state index is 9.72. The van der Waals surface area contributed by atoms with Crippen molar-refractivity contribution in [3.05, 3.63) is 29.3 Å². The molecule has 0 saturated heterocycles. The molecular formula is C11H13NO. The summed E-state index contributed by atoms with van der Waals surface area (Å²) >= 11 is 0. The van der Waals surface area contributed by atoms with Crippen LogP contribution in [0.2, 0.25) is 0 Å². The normalized spacial score (nSPS) is 35.0. The van der Waals surface area contributed by atoms with Gasteiger partial charge in [-0.3, -0.25) is 0 Å². The number of benzene rings is 1. The zero-order valence-corrected chi connectivity index (χ0v) is 7.40. The van der Waals surface area contributed by atoms with Crippen molar-refractivity contribution in [2.24, 2.45) is 5.73 Å². The first-order chi connectivity index (χ1) is 6.27. The number of phenolic OH excluding ortho intramolecular Hbond substituents is 1. The summed E-state index contributed by atoms with van der Waals surface area (Å²) in [6, 6.07) is 6.10. The molecule has 0 radical (unpaired) electrons. The van der Waals surface area contributed by atoms with Crippen molar-refractivity contribution in [3.63, 3.8) is 0 Å². The molecule has 0 spiro atoms. The van der Waals surface area contributed by atoms with Gasteiger partial charge in [0.05, 0.1) is 0 Å². The average Bonchev–Trinajstić information content (AvgIpc) is 2.62. The van der Waals surface area contributed by atoms with Gasteiger partial charge in [0.1, 0.15) is 5.75 Å². The fourth-order valence-electron chi connectivity index (χ4n) is 2.99. The van der Waals surface area contributed by atoms with Crippen LogP contribution in [0, 0.1) is 0 Å². The van der Waals surface area contributed by atoms with Crippen LogP contribution in [-0.2, 0) is 0 Å². The Balaban J connectivity index is 2.21. The van der Waals surface area contributed by atoms with Gasteiger partial charge in [0, 0.05) is 17.5 Å². The minimum Gasteiger partial charge on any atom is -0.508 e. The number of hydrogen-bond acceptors (Lipinski definition) is 2. The monoisotopic (exact) mass is 175 g/mol. The Morgan fingerprint density at radius 2 is 2.15 bits per heavy atom. The second-order valence-electron chi connectivity index (χ2n) is 4.22. The van der Waals surface area contributed by atoms with Crippen molar-refractivity contribution in [1.82, 2.24) is 0 Å². The van der Waals surface area contributed by atoms with Crippen LogP contribution in [-0.4, -0.2) is 11.1 Å². The molecule has 0 aliphatic heterocycles. The summed E-state index contributed by atoms with van der Waals surface area (Å²) in [5, 5.41) is 9.72. The summed E-state index contributed by atoms with van der Waals surface area (Å²) in [7, 11) is 0. The smallest absolute Gasteiger partial charge is 0.119 e. The van der Waals surface area contributed by atoms with Gasteiger partial charge in [-0.25, -0.2) is 0 Å². The SMILES string of the molecule is NC1CC2CC1c1c(O)cccc12. The lowest BCUT2D eigenvalue weighted by molar-refractivity contribution is 0.455. The van der Waals surface area contributed by atoms with E-state index < -0.39 is 0 Å². The molecule has 1 fully saturated rings. The number of hydrogen-bond donors (Lipinski definition) is 2. The van der Waals surface area contributed by atoms with E-state index in [1.54, 1.807) is 6.07 Å². The molecule has 68 valence electrons. The lowest BCUT2D eigenvalue weighted by Gasteiger charge is -2.21. The van der Waals surface area contributed by atoms with Gasteiger partial charge in [0.2, 0.25) is 0 Å². The van der Waals surface area contributed by atoms with Crippen LogP contribution < -0.4 is 5.73 Å². The van der Waals surface area contributed by atoms with Crippen LogP contribution in [0.5, 0.6) is 5.75 Å². The van der Waals surface area contributed by atoms with Crippen LogP contribution >= 0.6 is 0 Å². The Morgan fingerprint density at radius 3 is 3.00 bits per heavy atom. The number of phenols is 1. The number of fused-ring (bicyclic) bond motifs is 5. The van der Waals surface area contributed by atoms with Gasteiger partial charge in [0.15, 0.2) is 0 Å². The third kappa shape index (κ3) is 0.814. The summed E-state index contributed by atoms with van der Waals surface area (Å²) < 4.78 is 0. The molecule has 13 heavy (non-hydrogen) atoms. The zero-order valence-electron chi connectivity index (χ0n) is 7.40. The lowest BCUT2D eigenvalue weighted by Crippen LogP contribution is -2.25. The van der Waals surface area contributed by atoms with Gasteiger partial charge in [-0.05, 0) is 30.4 Å². The Hall–Kier alpha value is -1.02. The topological polar surface area (TPSA) is 46.2 Å². The number of aromatic hydroxyl groups is 1. The molecule has 0 amide bonds. The Labute approximate surface area is 77.4 Å². The van der Waals surface area contributed by atoms with Gasteiger partial charge in [-0.2, -0.15) is 0 Å². The Kier molecular flexibility index (Phi) is 1.29. The number of nitrogens with two attached hydrogens (primary N) is 1. The van der Waals surface area contributed by atoms with Crippen LogP contribution in [0.3, 0.4) is 0 Å². The third-order valence-electron chi connectivity index (χ3n) is 3.54. The standard InChI is InChI=1S/C11H13NO/c12-9-5-6-4-8(9)11-7(6)2-1-3-10(11)13/h1-3,6,8-9,13H,4-5,12H2. The lowest BCUT2D eigenvalue weighted by atomic mass is 9.88. The van der Waals surface area contributed by atoms with Crippen molar-refractivity contribution in [2.75, 3.05) is 0 Å². The van der Waals surface area contributed by atoms with E-state index >= 15 is 0 Å². The van der Waals surface area contributed by atoms with Crippen LogP contribution in [0.4, 0.5) is 0 Å². The first kappa shape index (κ1) is 7.39.